The lowest BCUT2D eigenvalue weighted by atomic mass is 9.89. The average Bonchev–Trinajstić information content (AvgIpc) is 2.26. The van der Waals surface area contributed by atoms with Gasteiger partial charge in [0.15, 0.2) is 0 Å². The van der Waals surface area contributed by atoms with Gasteiger partial charge in [-0.2, -0.15) is 0 Å². The minimum Gasteiger partial charge on any atom is -0.481 e. The first-order valence-corrected chi connectivity index (χ1v) is 8.71. The molecule has 1 saturated heterocycles. The summed E-state index contributed by atoms with van der Waals surface area (Å²) >= 11 is 0. The second kappa shape index (κ2) is 5.79. The summed E-state index contributed by atoms with van der Waals surface area (Å²) < 4.78 is 25.9. The maximum atomic E-state index is 12.2. The summed E-state index contributed by atoms with van der Waals surface area (Å²) in [5.74, 6) is -0.773. The molecule has 0 aromatic carbocycles. The van der Waals surface area contributed by atoms with Gasteiger partial charge in [-0.1, -0.05) is 26.2 Å². The summed E-state index contributed by atoms with van der Waals surface area (Å²) in [5.41, 5.74) is 0. The van der Waals surface area contributed by atoms with E-state index >= 15 is 0 Å². The van der Waals surface area contributed by atoms with Crippen molar-refractivity contribution in [2.24, 2.45) is 17.8 Å². The highest BCUT2D eigenvalue weighted by Gasteiger charge is 2.41. The van der Waals surface area contributed by atoms with Crippen molar-refractivity contribution in [3.05, 3.63) is 0 Å². The first-order valence-electron chi connectivity index (χ1n) is 7.11. The molecule has 0 aromatic heterocycles. The Labute approximate surface area is 115 Å². The Morgan fingerprint density at radius 2 is 1.84 bits per heavy atom. The Balaban J connectivity index is 1.83. The molecule has 1 heterocycles. The van der Waals surface area contributed by atoms with Crippen LogP contribution in [0.25, 0.3) is 0 Å². The third kappa shape index (κ3) is 3.48. The Morgan fingerprint density at radius 1 is 1.26 bits per heavy atom. The number of aliphatic carboxylic acids is 1. The van der Waals surface area contributed by atoms with E-state index in [9.17, 15) is 13.2 Å². The molecule has 1 aliphatic carbocycles. The molecule has 1 saturated carbocycles. The van der Waals surface area contributed by atoms with Gasteiger partial charge >= 0.3 is 5.97 Å². The number of hydrogen-bond donors (Lipinski definition) is 1. The molecule has 0 spiro atoms. The molecular weight excluding hydrogens is 266 g/mol. The van der Waals surface area contributed by atoms with Gasteiger partial charge in [-0.15, -0.1) is 0 Å². The van der Waals surface area contributed by atoms with Gasteiger partial charge in [0.1, 0.15) is 0 Å². The summed E-state index contributed by atoms with van der Waals surface area (Å²) in [5, 5.41) is 8.90. The van der Waals surface area contributed by atoms with Crippen molar-refractivity contribution in [2.75, 3.05) is 18.8 Å². The van der Waals surface area contributed by atoms with Gasteiger partial charge < -0.3 is 5.11 Å². The van der Waals surface area contributed by atoms with Gasteiger partial charge in [-0.25, -0.2) is 12.7 Å². The van der Waals surface area contributed by atoms with Gasteiger partial charge in [0.05, 0.1) is 11.7 Å². The molecule has 2 rings (SSSR count). The van der Waals surface area contributed by atoms with E-state index in [0.717, 1.165) is 25.7 Å². The van der Waals surface area contributed by atoms with E-state index in [-0.39, 0.29) is 11.7 Å². The van der Waals surface area contributed by atoms with Crippen molar-refractivity contribution in [3.63, 3.8) is 0 Å². The molecule has 6 heteroatoms. The zero-order chi connectivity index (χ0) is 14.0. The van der Waals surface area contributed by atoms with Gasteiger partial charge in [0.25, 0.3) is 0 Å². The van der Waals surface area contributed by atoms with Crippen LogP contribution in [-0.4, -0.2) is 42.6 Å². The Bertz CT molecular complexity index is 422. The van der Waals surface area contributed by atoms with E-state index in [2.05, 4.69) is 0 Å². The van der Waals surface area contributed by atoms with Crippen LogP contribution in [0.4, 0.5) is 0 Å². The highest BCUT2D eigenvalue weighted by atomic mass is 32.2. The quantitative estimate of drug-likeness (QED) is 0.833. The molecule has 1 unspecified atom stereocenters. The summed E-state index contributed by atoms with van der Waals surface area (Å²) in [6.07, 6.45) is 5.53. The largest absolute Gasteiger partial charge is 0.481 e. The van der Waals surface area contributed by atoms with Crippen LogP contribution < -0.4 is 0 Å². The number of carboxylic acid groups (broad SMARTS) is 1. The van der Waals surface area contributed by atoms with Crippen molar-refractivity contribution in [3.8, 4) is 0 Å². The molecule has 2 fully saturated rings. The average molecular weight is 289 g/mol. The zero-order valence-corrected chi connectivity index (χ0v) is 12.2. The highest BCUT2D eigenvalue weighted by Crippen LogP contribution is 2.30. The van der Waals surface area contributed by atoms with Crippen LogP contribution in [0, 0.1) is 17.8 Å². The molecule has 110 valence electrons. The Hall–Kier alpha value is -0.620. The minimum atomic E-state index is -3.17. The standard InChI is InChI=1S/C13H23NO4S/c1-10(13(15)16)12-7-14(8-12)19(17,18)9-11-5-3-2-4-6-11/h10-12H,2-9H2,1H3,(H,15,16). The van der Waals surface area contributed by atoms with Crippen molar-refractivity contribution >= 4 is 16.0 Å². The molecule has 0 aromatic rings. The summed E-state index contributed by atoms with van der Waals surface area (Å²) in [6, 6.07) is 0. The topological polar surface area (TPSA) is 74.7 Å². The van der Waals surface area contributed by atoms with Gasteiger partial charge in [0.2, 0.25) is 10.0 Å². The van der Waals surface area contributed by atoms with Crippen LogP contribution in [0.15, 0.2) is 0 Å². The molecule has 19 heavy (non-hydrogen) atoms. The van der Waals surface area contributed by atoms with Crippen LogP contribution in [0.2, 0.25) is 0 Å². The predicted octanol–water partition coefficient (Wildman–Crippen LogP) is 1.55. The molecule has 0 radical (unpaired) electrons. The lowest BCUT2D eigenvalue weighted by Gasteiger charge is -2.40. The number of sulfonamides is 1. The van der Waals surface area contributed by atoms with Gasteiger partial charge in [-0.3, -0.25) is 4.79 Å². The molecular formula is C13H23NO4S. The van der Waals surface area contributed by atoms with E-state index < -0.39 is 21.9 Å². The lowest BCUT2D eigenvalue weighted by Crippen LogP contribution is -2.54. The second-order valence-electron chi connectivity index (χ2n) is 5.99. The van der Waals surface area contributed by atoms with Gasteiger partial charge in [-0.05, 0) is 24.7 Å². The Morgan fingerprint density at radius 3 is 2.37 bits per heavy atom. The maximum absolute atomic E-state index is 12.2. The van der Waals surface area contributed by atoms with Crippen molar-refractivity contribution < 1.29 is 18.3 Å². The normalized spacial score (nSPS) is 24.9. The van der Waals surface area contributed by atoms with Crippen LogP contribution >= 0.6 is 0 Å². The lowest BCUT2D eigenvalue weighted by molar-refractivity contribution is -0.144. The maximum Gasteiger partial charge on any atom is 0.306 e. The number of hydrogen-bond acceptors (Lipinski definition) is 3. The van der Waals surface area contributed by atoms with Crippen molar-refractivity contribution in [2.45, 2.75) is 39.0 Å². The molecule has 1 atom stereocenters. The van der Waals surface area contributed by atoms with E-state index in [0.29, 0.717) is 19.0 Å². The van der Waals surface area contributed by atoms with Crippen LogP contribution in [0.1, 0.15) is 39.0 Å². The molecule has 1 aliphatic heterocycles. The van der Waals surface area contributed by atoms with Gasteiger partial charge in [0, 0.05) is 13.1 Å². The van der Waals surface area contributed by atoms with Crippen LogP contribution in [0.5, 0.6) is 0 Å². The monoisotopic (exact) mass is 289 g/mol. The first kappa shape index (κ1) is 14.8. The van der Waals surface area contributed by atoms with Crippen LogP contribution in [-0.2, 0) is 14.8 Å². The van der Waals surface area contributed by atoms with E-state index in [4.69, 9.17) is 5.11 Å². The van der Waals surface area contributed by atoms with E-state index in [1.54, 1.807) is 6.92 Å². The third-order valence-electron chi connectivity index (χ3n) is 4.54. The SMILES string of the molecule is CC(C(=O)O)C1CN(S(=O)(=O)CC2CCCCC2)C1. The summed E-state index contributed by atoms with van der Waals surface area (Å²) in [4.78, 5) is 10.8. The molecule has 2 aliphatic rings. The number of carboxylic acids is 1. The van der Waals surface area contributed by atoms with E-state index in [1.165, 1.54) is 10.7 Å². The smallest absolute Gasteiger partial charge is 0.306 e. The first-order chi connectivity index (χ1) is 8.90. The van der Waals surface area contributed by atoms with Crippen molar-refractivity contribution in [1.82, 2.24) is 4.31 Å². The van der Waals surface area contributed by atoms with E-state index in [1.807, 2.05) is 0 Å². The number of rotatable bonds is 5. The fraction of sp³-hybridized carbons (Fsp3) is 0.923. The second-order valence-corrected chi connectivity index (χ2v) is 8.00. The van der Waals surface area contributed by atoms with Crippen molar-refractivity contribution in [1.29, 1.82) is 0 Å². The number of nitrogens with zero attached hydrogens (tertiary/aromatic N) is 1. The summed E-state index contributed by atoms with van der Waals surface area (Å²) in [6.45, 7) is 2.41. The number of carbonyl (C=O) groups is 1. The van der Waals surface area contributed by atoms with Crippen LogP contribution in [0.3, 0.4) is 0 Å². The zero-order valence-electron chi connectivity index (χ0n) is 11.4. The predicted molar refractivity (Wildman–Crippen MR) is 72.2 cm³/mol. The molecule has 0 amide bonds. The third-order valence-corrected chi connectivity index (χ3v) is 6.51. The molecule has 5 nitrogen and oxygen atoms in total. The fourth-order valence-electron chi connectivity index (χ4n) is 2.97. The highest BCUT2D eigenvalue weighted by molar-refractivity contribution is 7.89. The molecule has 0 bridgehead atoms. The molecule has 1 N–H and O–H groups in total. The fourth-order valence-corrected chi connectivity index (χ4v) is 4.95. The minimum absolute atomic E-state index is 0.0290. The Kier molecular flexibility index (Phi) is 4.50. The summed E-state index contributed by atoms with van der Waals surface area (Å²) in [7, 11) is -3.17.